The average molecular weight is 188 g/mol. The molecule has 0 atom stereocenters. The zero-order chi connectivity index (χ0) is 9.26. The van der Waals surface area contributed by atoms with Gasteiger partial charge in [0.05, 0.1) is 11.6 Å². The third-order valence-corrected chi connectivity index (χ3v) is 2.32. The van der Waals surface area contributed by atoms with Gasteiger partial charge in [-0.2, -0.15) is 5.26 Å². The van der Waals surface area contributed by atoms with E-state index in [1.807, 2.05) is 30.3 Å². The van der Waals surface area contributed by atoms with Gasteiger partial charge in [-0.15, -0.1) is 0 Å². The van der Waals surface area contributed by atoms with Crippen LogP contribution < -0.4 is 0 Å². The van der Waals surface area contributed by atoms with Crippen molar-refractivity contribution in [2.24, 2.45) is 0 Å². The Morgan fingerprint density at radius 2 is 1.69 bits per heavy atom. The lowest BCUT2D eigenvalue weighted by Crippen LogP contribution is -1.79. The van der Waals surface area contributed by atoms with Crippen molar-refractivity contribution >= 4 is 22.4 Å². The molecule has 0 bridgehead atoms. The van der Waals surface area contributed by atoms with E-state index in [-0.39, 0.29) is 0 Å². The quantitative estimate of drug-likeness (QED) is 0.621. The van der Waals surface area contributed by atoms with Crippen LogP contribution in [0, 0.1) is 11.3 Å². The van der Waals surface area contributed by atoms with Crippen molar-refractivity contribution in [1.29, 1.82) is 5.26 Å². The van der Waals surface area contributed by atoms with E-state index in [4.69, 9.17) is 16.9 Å². The monoisotopic (exact) mass is 187 g/mol. The maximum absolute atomic E-state index is 8.83. The second kappa shape index (κ2) is 3.08. The van der Waals surface area contributed by atoms with Gasteiger partial charge in [0.2, 0.25) is 0 Å². The first kappa shape index (κ1) is 8.10. The Bertz CT molecular complexity index is 497. The van der Waals surface area contributed by atoms with Crippen LogP contribution in [0.15, 0.2) is 36.4 Å². The Morgan fingerprint density at radius 1 is 1.00 bits per heavy atom. The van der Waals surface area contributed by atoms with Crippen molar-refractivity contribution < 1.29 is 0 Å². The number of hydrogen-bond donors (Lipinski definition) is 0. The van der Waals surface area contributed by atoms with Gasteiger partial charge >= 0.3 is 0 Å². The zero-order valence-corrected chi connectivity index (χ0v) is 7.55. The van der Waals surface area contributed by atoms with E-state index in [0.29, 0.717) is 10.6 Å². The molecule has 0 N–H and O–H groups in total. The smallest absolute Gasteiger partial charge is 0.0998 e. The molecule has 0 unspecified atom stereocenters. The zero-order valence-electron chi connectivity index (χ0n) is 6.79. The van der Waals surface area contributed by atoms with E-state index in [0.717, 1.165) is 10.8 Å². The Hall–Kier alpha value is -1.52. The Labute approximate surface area is 81.2 Å². The van der Waals surface area contributed by atoms with Gasteiger partial charge in [0.25, 0.3) is 0 Å². The van der Waals surface area contributed by atoms with E-state index in [1.165, 1.54) is 0 Å². The normalized spacial score (nSPS) is 9.85. The summed E-state index contributed by atoms with van der Waals surface area (Å²) in [4.78, 5) is 0. The van der Waals surface area contributed by atoms with E-state index in [2.05, 4.69) is 6.07 Å². The molecule has 0 aromatic heterocycles. The second-order valence-corrected chi connectivity index (χ2v) is 3.16. The van der Waals surface area contributed by atoms with Gasteiger partial charge in [0.15, 0.2) is 0 Å². The summed E-state index contributed by atoms with van der Waals surface area (Å²) in [7, 11) is 0. The molecule has 2 aromatic rings. The van der Waals surface area contributed by atoms with Gasteiger partial charge in [-0.3, -0.25) is 0 Å². The number of fused-ring (bicyclic) bond motifs is 1. The molecule has 0 spiro atoms. The molecule has 0 amide bonds. The number of nitriles is 1. The molecule has 2 rings (SSSR count). The highest BCUT2D eigenvalue weighted by atomic mass is 35.5. The van der Waals surface area contributed by atoms with Gasteiger partial charge in [-0.05, 0) is 12.1 Å². The topological polar surface area (TPSA) is 23.8 Å². The van der Waals surface area contributed by atoms with Crippen molar-refractivity contribution in [3.63, 3.8) is 0 Å². The molecule has 0 saturated carbocycles. The summed E-state index contributed by atoms with van der Waals surface area (Å²) in [6.07, 6.45) is 0. The average Bonchev–Trinajstić information content (AvgIpc) is 2.18. The number of benzene rings is 2. The molecule has 0 fully saturated rings. The first-order valence-corrected chi connectivity index (χ1v) is 4.28. The minimum absolute atomic E-state index is 0.667. The van der Waals surface area contributed by atoms with Crippen molar-refractivity contribution in [3.8, 4) is 6.07 Å². The number of nitrogens with zero attached hydrogens (tertiary/aromatic N) is 1. The first-order valence-electron chi connectivity index (χ1n) is 3.90. The van der Waals surface area contributed by atoms with Gasteiger partial charge in [-0.25, -0.2) is 0 Å². The van der Waals surface area contributed by atoms with Gasteiger partial charge < -0.3 is 0 Å². The minimum Gasteiger partial charge on any atom is -0.192 e. The summed E-state index contributed by atoms with van der Waals surface area (Å²) in [5.41, 5.74) is 0.667. The fourth-order valence-electron chi connectivity index (χ4n) is 1.37. The minimum atomic E-state index is 0.667. The third-order valence-electron chi connectivity index (χ3n) is 1.99. The summed E-state index contributed by atoms with van der Waals surface area (Å²) in [5.74, 6) is 0. The van der Waals surface area contributed by atoms with Crippen molar-refractivity contribution in [3.05, 3.63) is 47.0 Å². The lowest BCUT2D eigenvalue weighted by atomic mass is 10.1. The third kappa shape index (κ3) is 1.26. The van der Waals surface area contributed by atoms with Gasteiger partial charge in [0.1, 0.15) is 0 Å². The molecule has 0 aliphatic carbocycles. The van der Waals surface area contributed by atoms with E-state index in [1.54, 1.807) is 6.07 Å². The Balaban J connectivity index is 2.94. The number of rotatable bonds is 0. The molecule has 0 saturated heterocycles. The molecular formula is C11H6ClN. The molecule has 0 heterocycles. The molecule has 0 aliphatic rings. The maximum Gasteiger partial charge on any atom is 0.0998 e. The first-order chi connectivity index (χ1) is 6.33. The molecule has 13 heavy (non-hydrogen) atoms. The van der Waals surface area contributed by atoms with Crippen molar-refractivity contribution in [2.75, 3.05) is 0 Å². The molecule has 0 aliphatic heterocycles. The van der Waals surface area contributed by atoms with Crippen LogP contribution in [0.25, 0.3) is 10.8 Å². The van der Waals surface area contributed by atoms with Gasteiger partial charge in [0, 0.05) is 15.8 Å². The molecular weight excluding hydrogens is 182 g/mol. The predicted molar refractivity (Wildman–Crippen MR) is 53.7 cm³/mol. The highest BCUT2D eigenvalue weighted by Crippen LogP contribution is 2.25. The Morgan fingerprint density at radius 3 is 2.46 bits per heavy atom. The summed E-state index contributed by atoms with van der Waals surface area (Å²) < 4.78 is 0. The highest BCUT2D eigenvalue weighted by Gasteiger charge is 2.01. The van der Waals surface area contributed by atoms with Crippen LogP contribution in [0.5, 0.6) is 0 Å². The fraction of sp³-hybridized carbons (Fsp3) is 0. The molecule has 1 nitrogen and oxygen atoms in total. The summed E-state index contributed by atoms with van der Waals surface area (Å²) in [6, 6.07) is 13.3. The van der Waals surface area contributed by atoms with Crippen LogP contribution in [0.4, 0.5) is 0 Å². The van der Waals surface area contributed by atoms with E-state index < -0.39 is 0 Å². The maximum atomic E-state index is 8.83. The SMILES string of the molecule is N#Cc1cccc2c(Cl)cccc12. The van der Waals surface area contributed by atoms with Crippen LogP contribution in [0.2, 0.25) is 5.02 Å². The van der Waals surface area contributed by atoms with Crippen LogP contribution in [0.3, 0.4) is 0 Å². The number of hydrogen-bond acceptors (Lipinski definition) is 1. The highest BCUT2D eigenvalue weighted by molar-refractivity contribution is 6.35. The van der Waals surface area contributed by atoms with E-state index >= 15 is 0 Å². The molecule has 62 valence electrons. The molecule has 0 radical (unpaired) electrons. The Kier molecular flexibility index (Phi) is 1.92. The van der Waals surface area contributed by atoms with Crippen LogP contribution in [-0.4, -0.2) is 0 Å². The lowest BCUT2D eigenvalue weighted by Gasteiger charge is -2.00. The predicted octanol–water partition coefficient (Wildman–Crippen LogP) is 3.36. The van der Waals surface area contributed by atoms with Crippen LogP contribution in [-0.2, 0) is 0 Å². The second-order valence-electron chi connectivity index (χ2n) is 2.75. The van der Waals surface area contributed by atoms with Gasteiger partial charge in [-0.1, -0.05) is 35.9 Å². The molecule has 2 aromatic carbocycles. The molecule has 2 heteroatoms. The lowest BCUT2D eigenvalue weighted by molar-refractivity contribution is 1.50. The van der Waals surface area contributed by atoms with E-state index in [9.17, 15) is 0 Å². The largest absolute Gasteiger partial charge is 0.192 e. The standard InChI is InChI=1S/C11H6ClN/c12-11-6-2-4-9-8(7-13)3-1-5-10(9)11/h1-6H. The number of halogens is 1. The fourth-order valence-corrected chi connectivity index (χ4v) is 1.61. The van der Waals surface area contributed by atoms with Crippen molar-refractivity contribution in [1.82, 2.24) is 0 Å². The summed E-state index contributed by atoms with van der Waals surface area (Å²) >= 11 is 5.98. The van der Waals surface area contributed by atoms with Crippen molar-refractivity contribution in [2.45, 2.75) is 0 Å². The summed E-state index contributed by atoms with van der Waals surface area (Å²) in [6.45, 7) is 0. The van der Waals surface area contributed by atoms with Crippen LogP contribution in [0.1, 0.15) is 5.56 Å². The van der Waals surface area contributed by atoms with Crippen LogP contribution >= 0.6 is 11.6 Å². The summed E-state index contributed by atoms with van der Waals surface area (Å²) in [5, 5.41) is 11.4.